The number of thiazole rings is 1. The minimum atomic E-state index is -0.919. The molecule has 0 unspecified atom stereocenters. The normalized spacial score (nSPS) is 11.9. The molecule has 0 radical (unpaired) electrons. The fourth-order valence-electron chi connectivity index (χ4n) is 2.11. The first kappa shape index (κ1) is 16.6. The van der Waals surface area contributed by atoms with Crippen LogP contribution in [-0.2, 0) is 18.7 Å². The van der Waals surface area contributed by atoms with Gasteiger partial charge in [-0.15, -0.1) is 11.3 Å². The Kier molecular flexibility index (Phi) is 4.95. The molecule has 0 amide bonds. The highest BCUT2D eigenvalue weighted by Gasteiger charge is 2.20. The molecule has 1 aromatic heterocycles. The Hall–Kier alpha value is -1.76. The van der Waals surface area contributed by atoms with Gasteiger partial charge in [0.15, 0.2) is 0 Å². The van der Waals surface area contributed by atoms with Crippen LogP contribution in [0.2, 0.25) is 0 Å². The van der Waals surface area contributed by atoms with E-state index in [1.807, 2.05) is 18.5 Å². The molecule has 0 saturated carbocycles. The Balaban J connectivity index is 2.01. The lowest BCUT2D eigenvalue weighted by Gasteiger charge is -2.16. The average Bonchev–Trinajstić information content (AvgIpc) is 2.87. The lowest BCUT2D eigenvalue weighted by Crippen LogP contribution is -2.19. The molecule has 22 heavy (non-hydrogen) atoms. The maximum absolute atomic E-state index is 11.0. The molecule has 2 rings (SSSR count). The van der Waals surface area contributed by atoms with Crippen molar-refractivity contribution < 1.29 is 15.0 Å². The molecular formula is C16H20N2O3S. The first-order valence-electron chi connectivity index (χ1n) is 6.94. The smallest absolute Gasteiger partial charge is 0.335 e. The molecule has 1 aromatic carbocycles. The Morgan fingerprint density at radius 3 is 2.68 bits per heavy atom. The van der Waals surface area contributed by atoms with Crippen LogP contribution in [0.5, 0.6) is 0 Å². The quantitative estimate of drug-likeness (QED) is 0.856. The SMILES string of the molecule is CN(Cc1cccc(C(=O)O)c1)Cc1csc(C(C)(C)O)n1. The van der Waals surface area contributed by atoms with E-state index in [0.29, 0.717) is 23.7 Å². The summed E-state index contributed by atoms with van der Waals surface area (Å²) in [4.78, 5) is 17.5. The molecule has 5 nitrogen and oxygen atoms in total. The van der Waals surface area contributed by atoms with Crippen molar-refractivity contribution in [1.82, 2.24) is 9.88 Å². The average molecular weight is 320 g/mol. The maximum atomic E-state index is 11.0. The van der Waals surface area contributed by atoms with Gasteiger partial charge in [-0.2, -0.15) is 0 Å². The van der Waals surface area contributed by atoms with Crippen LogP contribution in [0.4, 0.5) is 0 Å². The fourth-order valence-corrected chi connectivity index (χ4v) is 2.94. The van der Waals surface area contributed by atoms with E-state index in [4.69, 9.17) is 5.11 Å². The van der Waals surface area contributed by atoms with Gasteiger partial charge in [0.1, 0.15) is 10.6 Å². The van der Waals surface area contributed by atoms with Crippen LogP contribution >= 0.6 is 11.3 Å². The predicted octanol–water partition coefficient (Wildman–Crippen LogP) is 2.70. The number of carboxylic acids is 1. The summed E-state index contributed by atoms with van der Waals surface area (Å²) in [5.41, 5.74) is 1.22. The van der Waals surface area contributed by atoms with Crippen LogP contribution in [0.15, 0.2) is 29.6 Å². The van der Waals surface area contributed by atoms with Gasteiger partial charge in [-0.25, -0.2) is 9.78 Å². The van der Waals surface area contributed by atoms with Crippen molar-refractivity contribution in [3.8, 4) is 0 Å². The van der Waals surface area contributed by atoms with Gasteiger partial charge in [0.2, 0.25) is 0 Å². The zero-order valence-electron chi connectivity index (χ0n) is 12.9. The van der Waals surface area contributed by atoms with E-state index in [1.54, 1.807) is 32.0 Å². The molecule has 2 aromatic rings. The summed E-state index contributed by atoms with van der Waals surface area (Å²) in [6.07, 6.45) is 0. The van der Waals surface area contributed by atoms with Gasteiger partial charge >= 0.3 is 5.97 Å². The number of rotatable bonds is 6. The molecule has 0 fully saturated rings. The molecule has 0 aliphatic heterocycles. The fraction of sp³-hybridized carbons (Fsp3) is 0.375. The number of aromatic carboxylic acids is 1. The second-order valence-corrected chi connectivity index (χ2v) is 6.74. The molecule has 0 atom stereocenters. The third-order valence-electron chi connectivity index (χ3n) is 3.13. The molecule has 2 N–H and O–H groups in total. The highest BCUT2D eigenvalue weighted by atomic mass is 32.1. The number of aliphatic hydroxyl groups is 1. The summed E-state index contributed by atoms with van der Waals surface area (Å²) in [6.45, 7) is 4.72. The van der Waals surface area contributed by atoms with Crippen molar-refractivity contribution in [2.75, 3.05) is 7.05 Å². The van der Waals surface area contributed by atoms with Crippen molar-refractivity contribution in [3.63, 3.8) is 0 Å². The zero-order chi connectivity index (χ0) is 16.3. The lowest BCUT2D eigenvalue weighted by molar-refractivity contribution is 0.0696. The van der Waals surface area contributed by atoms with Crippen LogP contribution in [-0.4, -0.2) is 33.1 Å². The van der Waals surface area contributed by atoms with Crippen molar-refractivity contribution in [3.05, 3.63) is 51.5 Å². The van der Waals surface area contributed by atoms with Crippen molar-refractivity contribution >= 4 is 17.3 Å². The van der Waals surface area contributed by atoms with E-state index in [2.05, 4.69) is 9.88 Å². The van der Waals surface area contributed by atoms with Crippen LogP contribution in [0.25, 0.3) is 0 Å². The van der Waals surface area contributed by atoms with Crippen LogP contribution in [0.3, 0.4) is 0 Å². The van der Waals surface area contributed by atoms with E-state index in [1.165, 1.54) is 11.3 Å². The van der Waals surface area contributed by atoms with E-state index < -0.39 is 11.6 Å². The number of carboxylic acid groups (broad SMARTS) is 1. The Labute approximate surface area is 133 Å². The van der Waals surface area contributed by atoms with E-state index >= 15 is 0 Å². The van der Waals surface area contributed by atoms with Crippen LogP contribution in [0, 0.1) is 0 Å². The van der Waals surface area contributed by atoms with Crippen molar-refractivity contribution in [2.24, 2.45) is 0 Å². The third kappa shape index (κ3) is 4.37. The number of aromatic nitrogens is 1. The minimum absolute atomic E-state index is 0.295. The number of benzene rings is 1. The molecule has 1 heterocycles. The number of carbonyl (C=O) groups is 1. The van der Waals surface area contributed by atoms with E-state index in [-0.39, 0.29) is 0 Å². The molecule has 0 aliphatic carbocycles. The van der Waals surface area contributed by atoms with Gasteiger partial charge in [0.05, 0.1) is 11.3 Å². The molecule has 6 heteroatoms. The van der Waals surface area contributed by atoms with Crippen LogP contribution < -0.4 is 0 Å². The summed E-state index contributed by atoms with van der Waals surface area (Å²) in [5, 5.41) is 21.6. The highest BCUT2D eigenvalue weighted by Crippen LogP contribution is 2.24. The second kappa shape index (κ2) is 6.56. The summed E-state index contributed by atoms with van der Waals surface area (Å²) in [5.74, 6) is -0.918. The summed E-state index contributed by atoms with van der Waals surface area (Å²) in [7, 11) is 1.95. The van der Waals surface area contributed by atoms with Gasteiger partial charge in [-0.05, 0) is 38.6 Å². The molecule has 0 bridgehead atoms. The minimum Gasteiger partial charge on any atom is -0.478 e. The summed E-state index contributed by atoms with van der Waals surface area (Å²) in [6, 6.07) is 6.93. The van der Waals surface area contributed by atoms with Gasteiger partial charge in [-0.3, -0.25) is 4.90 Å². The summed E-state index contributed by atoms with van der Waals surface area (Å²) < 4.78 is 0. The lowest BCUT2D eigenvalue weighted by atomic mass is 10.1. The van der Waals surface area contributed by atoms with E-state index in [9.17, 15) is 9.90 Å². The molecule has 118 valence electrons. The molecule has 0 saturated heterocycles. The zero-order valence-corrected chi connectivity index (χ0v) is 13.7. The second-order valence-electron chi connectivity index (χ2n) is 5.88. The van der Waals surface area contributed by atoms with Crippen molar-refractivity contribution in [1.29, 1.82) is 0 Å². The first-order valence-corrected chi connectivity index (χ1v) is 7.81. The van der Waals surface area contributed by atoms with Gasteiger partial charge < -0.3 is 10.2 Å². The molecule has 0 aliphatic rings. The predicted molar refractivity (Wildman–Crippen MR) is 85.9 cm³/mol. The van der Waals surface area contributed by atoms with Crippen molar-refractivity contribution in [2.45, 2.75) is 32.5 Å². The molecule has 0 spiro atoms. The highest BCUT2D eigenvalue weighted by molar-refractivity contribution is 7.09. The number of nitrogens with zero attached hydrogens (tertiary/aromatic N) is 2. The topological polar surface area (TPSA) is 73.7 Å². The largest absolute Gasteiger partial charge is 0.478 e. The van der Waals surface area contributed by atoms with E-state index in [0.717, 1.165) is 11.3 Å². The van der Waals surface area contributed by atoms with Gasteiger partial charge in [-0.1, -0.05) is 12.1 Å². The Morgan fingerprint density at radius 2 is 2.09 bits per heavy atom. The number of hydrogen-bond acceptors (Lipinski definition) is 5. The van der Waals surface area contributed by atoms with Gasteiger partial charge in [0.25, 0.3) is 0 Å². The maximum Gasteiger partial charge on any atom is 0.335 e. The standard InChI is InChI=1S/C16H20N2O3S/c1-16(2,21)15-17-13(10-22-15)9-18(3)8-11-5-4-6-12(7-11)14(19)20/h4-7,10,21H,8-9H2,1-3H3,(H,19,20). The number of hydrogen-bond donors (Lipinski definition) is 2. The summed E-state index contributed by atoms with van der Waals surface area (Å²) >= 11 is 1.45. The Morgan fingerprint density at radius 1 is 1.36 bits per heavy atom. The first-order chi connectivity index (χ1) is 10.3. The van der Waals surface area contributed by atoms with Crippen LogP contribution in [0.1, 0.15) is 40.5 Å². The third-order valence-corrected chi connectivity index (χ3v) is 4.34. The molecular weight excluding hydrogens is 300 g/mol. The monoisotopic (exact) mass is 320 g/mol. The van der Waals surface area contributed by atoms with Gasteiger partial charge in [0, 0.05) is 18.5 Å². The Bertz CT molecular complexity index is 661.